The second kappa shape index (κ2) is 7.09. The van der Waals surface area contributed by atoms with Crippen molar-refractivity contribution in [3.63, 3.8) is 0 Å². The third-order valence-electron chi connectivity index (χ3n) is 5.96. The first kappa shape index (κ1) is 16.4. The minimum Gasteiger partial charge on any atom is -0.294 e. The van der Waals surface area contributed by atoms with E-state index in [-0.39, 0.29) is 0 Å². The Morgan fingerprint density at radius 1 is 1.12 bits per heavy atom. The molecule has 0 radical (unpaired) electrons. The highest BCUT2D eigenvalue weighted by Crippen LogP contribution is 2.32. The molecule has 1 aliphatic carbocycles. The van der Waals surface area contributed by atoms with E-state index in [1.807, 2.05) is 11.3 Å². The Morgan fingerprint density at radius 3 is 2.92 bits per heavy atom. The van der Waals surface area contributed by atoms with Crippen LogP contribution in [0.5, 0.6) is 0 Å². The van der Waals surface area contributed by atoms with Crippen LogP contribution in [-0.2, 0) is 19.5 Å². The van der Waals surface area contributed by atoms with Crippen molar-refractivity contribution in [2.75, 3.05) is 6.54 Å². The smallest absolute Gasteiger partial charge is 0.131 e. The lowest BCUT2D eigenvalue weighted by Crippen LogP contribution is -2.31. The molecule has 1 saturated carbocycles. The summed E-state index contributed by atoms with van der Waals surface area (Å²) in [5.74, 6) is 1.71. The number of nitrogens with zero attached hydrogens (tertiary/aromatic N) is 3. The predicted octanol–water partition coefficient (Wildman–Crippen LogP) is 5.30. The van der Waals surface area contributed by atoms with Crippen molar-refractivity contribution >= 4 is 21.4 Å². The van der Waals surface area contributed by atoms with Crippen LogP contribution in [0.1, 0.15) is 60.7 Å². The lowest BCUT2D eigenvalue weighted by atomic mass is 9.88. The van der Waals surface area contributed by atoms with Crippen LogP contribution in [0.4, 0.5) is 0 Å². The molecule has 1 aliphatic heterocycles. The minimum atomic E-state index is 0.601. The fraction of sp³-hybridized carbons (Fsp3) is 0.455. The van der Waals surface area contributed by atoms with Gasteiger partial charge in [-0.1, -0.05) is 37.5 Å². The number of rotatable bonds is 3. The molecule has 0 bridgehead atoms. The molecule has 5 rings (SSSR count). The van der Waals surface area contributed by atoms with Gasteiger partial charge in [0.05, 0.1) is 0 Å². The van der Waals surface area contributed by atoms with Gasteiger partial charge in [-0.2, -0.15) is 0 Å². The maximum absolute atomic E-state index is 4.98. The summed E-state index contributed by atoms with van der Waals surface area (Å²) in [6.45, 7) is 3.09. The predicted molar refractivity (Wildman–Crippen MR) is 108 cm³/mol. The van der Waals surface area contributed by atoms with Crippen LogP contribution in [0.3, 0.4) is 0 Å². The van der Waals surface area contributed by atoms with E-state index in [0.29, 0.717) is 5.92 Å². The first-order valence-corrected chi connectivity index (χ1v) is 10.8. The highest BCUT2D eigenvalue weighted by atomic mass is 32.1. The molecular weight excluding hydrogens is 338 g/mol. The Bertz CT molecular complexity index is 911. The fourth-order valence-electron chi connectivity index (χ4n) is 4.48. The SMILES string of the molecule is c1ccc2c(CN3CCc4nc(C5CCCCC5)ncc4C3)csc2c1. The van der Waals surface area contributed by atoms with E-state index in [2.05, 4.69) is 40.7 Å². The van der Waals surface area contributed by atoms with Gasteiger partial charge in [-0.15, -0.1) is 11.3 Å². The van der Waals surface area contributed by atoms with Crippen molar-refractivity contribution in [3.8, 4) is 0 Å². The van der Waals surface area contributed by atoms with Crippen LogP contribution in [0.15, 0.2) is 35.8 Å². The third-order valence-corrected chi connectivity index (χ3v) is 6.97. The molecule has 0 spiro atoms. The first-order valence-electron chi connectivity index (χ1n) is 9.89. The zero-order chi connectivity index (χ0) is 17.3. The van der Waals surface area contributed by atoms with Crippen LogP contribution >= 0.6 is 11.3 Å². The van der Waals surface area contributed by atoms with E-state index in [1.54, 1.807) is 0 Å². The van der Waals surface area contributed by atoms with Crippen LogP contribution in [0.25, 0.3) is 10.1 Å². The lowest BCUT2D eigenvalue weighted by molar-refractivity contribution is 0.243. The van der Waals surface area contributed by atoms with Gasteiger partial charge in [0, 0.05) is 54.1 Å². The normalized spacial score (nSPS) is 18.9. The van der Waals surface area contributed by atoms with E-state index in [0.717, 1.165) is 31.9 Å². The largest absolute Gasteiger partial charge is 0.294 e. The molecule has 2 aromatic heterocycles. The van der Waals surface area contributed by atoms with Gasteiger partial charge in [0.1, 0.15) is 5.82 Å². The average molecular weight is 364 g/mol. The molecule has 0 N–H and O–H groups in total. The average Bonchev–Trinajstić information content (AvgIpc) is 3.11. The lowest BCUT2D eigenvalue weighted by Gasteiger charge is -2.29. The molecule has 134 valence electrons. The van der Waals surface area contributed by atoms with Crippen molar-refractivity contribution in [1.29, 1.82) is 0 Å². The van der Waals surface area contributed by atoms with Crippen molar-refractivity contribution in [1.82, 2.24) is 14.9 Å². The van der Waals surface area contributed by atoms with E-state index in [9.17, 15) is 0 Å². The summed E-state index contributed by atoms with van der Waals surface area (Å²) >= 11 is 1.85. The van der Waals surface area contributed by atoms with Gasteiger partial charge >= 0.3 is 0 Å². The quantitative estimate of drug-likeness (QED) is 0.632. The summed E-state index contributed by atoms with van der Waals surface area (Å²) in [4.78, 5) is 12.3. The summed E-state index contributed by atoms with van der Waals surface area (Å²) in [5.41, 5.74) is 4.08. The highest BCUT2D eigenvalue weighted by molar-refractivity contribution is 7.17. The van der Waals surface area contributed by atoms with Crippen molar-refractivity contribution in [2.45, 2.75) is 57.5 Å². The molecule has 3 aromatic rings. The van der Waals surface area contributed by atoms with Gasteiger partial charge in [-0.05, 0) is 35.2 Å². The molecule has 1 fully saturated rings. The van der Waals surface area contributed by atoms with Crippen molar-refractivity contribution in [3.05, 3.63) is 58.5 Å². The Morgan fingerprint density at radius 2 is 2.00 bits per heavy atom. The molecule has 4 heteroatoms. The van der Waals surface area contributed by atoms with Gasteiger partial charge in [-0.3, -0.25) is 4.90 Å². The topological polar surface area (TPSA) is 29.0 Å². The molecule has 0 saturated heterocycles. The van der Waals surface area contributed by atoms with Gasteiger partial charge in [0.25, 0.3) is 0 Å². The van der Waals surface area contributed by atoms with Gasteiger partial charge in [0.2, 0.25) is 0 Å². The number of fused-ring (bicyclic) bond motifs is 2. The number of hydrogen-bond acceptors (Lipinski definition) is 4. The number of thiophene rings is 1. The molecule has 1 aromatic carbocycles. The second-order valence-corrected chi connectivity index (χ2v) is 8.66. The standard InChI is InChI=1S/C22H25N3S/c1-2-6-16(7-3-1)22-23-12-17-13-25(11-10-20(17)24-22)14-18-15-26-21-9-5-4-8-19(18)21/h4-5,8-9,12,15-16H,1-3,6-7,10-11,13-14H2. The fourth-order valence-corrected chi connectivity index (χ4v) is 5.43. The second-order valence-electron chi connectivity index (χ2n) is 7.75. The van der Waals surface area contributed by atoms with Crippen molar-refractivity contribution < 1.29 is 0 Å². The summed E-state index contributed by atoms with van der Waals surface area (Å²) in [5, 5.41) is 3.73. The zero-order valence-electron chi connectivity index (χ0n) is 15.2. The molecule has 2 aliphatic rings. The van der Waals surface area contributed by atoms with E-state index in [1.165, 1.54) is 59.0 Å². The molecule has 0 atom stereocenters. The Labute approximate surface area is 159 Å². The van der Waals surface area contributed by atoms with Gasteiger partial charge in [0.15, 0.2) is 0 Å². The molecule has 0 unspecified atom stereocenters. The Kier molecular flexibility index (Phi) is 4.47. The maximum Gasteiger partial charge on any atom is 0.131 e. The van der Waals surface area contributed by atoms with Crippen molar-refractivity contribution in [2.24, 2.45) is 0 Å². The zero-order valence-corrected chi connectivity index (χ0v) is 16.0. The van der Waals surface area contributed by atoms with Gasteiger partial charge < -0.3 is 0 Å². The summed E-state index contributed by atoms with van der Waals surface area (Å²) in [6, 6.07) is 8.74. The van der Waals surface area contributed by atoms with E-state index < -0.39 is 0 Å². The molecular formula is C22H25N3S. The summed E-state index contributed by atoms with van der Waals surface area (Å²) in [7, 11) is 0. The molecule has 3 nitrogen and oxygen atoms in total. The van der Waals surface area contributed by atoms with Gasteiger partial charge in [-0.25, -0.2) is 9.97 Å². The Hall–Kier alpha value is -1.78. The molecule has 3 heterocycles. The van der Waals surface area contributed by atoms with E-state index in [4.69, 9.17) is 9.97 Å². The molecule has 26 heavy (non-hydrogen) atoms. The first-order chi connectivity index (χ1) is 12.9. The number of hydrogen-bond donors (Lipinski definition) is 0. The van der Waals surface area contributed by atoms with E-state index >= 15 is 0 Å². The number of aromatic nitrogens is 2. The highest BCUT2D eigenvalue weighted by Gasteiger charge is 2.23. The summed E-state index contributed by atoms with van der Waals surface area (Å²) in [6.07, 6.45) is 9.78. The van der Waals surface area contributed by atoms with Crippen LogP contribution < -0.4 is 0 Å². The minimum absolute atomic E-state index is 0.601. The maximum atomic E-state index is 4.98. The summed E-state index contributed by atoms with van der Waals surface area (Å²) < 4.78 is 1.39. The third kappa shape index (κ3) is 3.17. The molecule has 0 amide bonds. The Balaban J connectivity index is 1.32. The number of benzene rings is 1. The van der Waals surface area contributed by atoms with Crippen LogP contribution in [-0.4, -0.2) is 21.4 Å². The monoisotopic (exact) mass is 363 g/mol. The van der Waals surface area contributed by atoms with Crippen LogP contribution in [0, 0.1) is 0 Å². The van der Waals surface area contributed by atoms with Crippen LogP contribution in [0.2, 0.25) is 0 Å².